The molecule has 0 bridgehead atoms. The summed E-state index contributed by atoms with van der Waals surface area (Å²) < 4.78 is 10.6. The monoisotopic (exact) mass is 339 g/mol. The third-order valence-electron chi connectivity index (χ3n) is 4.31. The van der Waals surface area contributed by atoms with Crippen molar-refractivity contribution < 1.29 is 19.1 Å². The average Bonchev–Trinajstić information content (AvgIpc) is 2.64. The van der Waals surface area contributed by atoms with Crippen LogP contribution in [0.1, 0.15) is 34.8 Å². The summed E-state index contributed by atoms with van der Waals surface area (Å²) in [7, 11) is 1.33. The molecule has 1 aliphatic heterocycles. The fraction of sp³-hybridized carbons (Fsp3) is 0.300. The number of carbonyl (C=O) groups excluding carboxylic acids is 2. The molecule has 0 spiro atoms. The summed E-state index contributed by atoms with van der Waals surface area (Å²) in [4.78, 5) is 26.3. The van der Waals surface area contributed by atoms with Gasteiger partial charge in [0.25, 0.3) is 5.91 Å². The minimum atomic E-state index is -0.512. The third-order valence-corrected chi connectivity index (χ3v) is 4.31. The molecule has 0 radical (unpaired) electrons. The van der Waals surface area contributed by atoms with E-state index < -0.39 is 12.1 Å². The van der Waals surface area contributed by atoms with E-state index >= 15 is 0 Å². The molecule has 1 amide bonds. The number of nitrogens with zero attached hydrogens (tertiary/aromatic N) is 1. The highest BCUT2D eigenvalue weighted by atomic mass is 16.5. The number of hydrogen-bond donors (Lipinski definition) is 0. The Morgan fingerprint density at radius 1 is 1.20 bits per heavy atom. The highest BCUT2D eigenvalue weighted by Gasteiger charge is 2.33. The molecule has 3 rings (SSSR count). The molecular weight excluding hydrogens is 318 g/mol. The van der Waals surface area contributed by atoms with Gasteiger partial charge in [0.15, 0.2) is 6.10 Å². The fourth-order valence-electron chi connectivity index (χ4n) is 2.87. The van der Waals surface area contributed by atoms with Crippen molar-refractivity contribution in [1.29, 1.82) is 0 Å². The minimum Gasteiger partial charge on any atom is -0.478 e. The van der Waals surface area contributed by atoms with Gasteiger partial charge in [-0.2, -0.15) is 0 Å². The van der Waals surface area contributed by atoms with E-state index in [1.165, 1.54) is 7.11 Å². The number of benzene rings is 2. The van der Waals surface area contributed by atoms with E-state index in [0.717, 1.165) is 11.1 Å². The number of rotatable bonds is 4. The van der Waals surface area contributed by atoms with Crippen molar-refractivity contribution in [2.75, 3.05) is 12.0 Å². The van der Waals surface area contributed by atoms with Crippen molar-refractivity contribution in [3.8, 4) is 5.75 Å². The number of amides is 1. The molecule has 0 N–H and O–H groups in total. The van der Waals surface area contributed by atoms with Crippen molar-refractivity contribution in [1.82, 2.24) is 0 Å². The number of hydrogen-bond acceptors (Lipinski definition) is 4. The van der Waals surface area contributed by atoms with Gasteiger partial charge in [0, 0.05) is 0 Å². The lowest BCUT2D eigenvalue weighted by atomic mass is 10.1. The highest BCUT2D eigenvalue weighted by molar-refractivity contribution is 6.01. The third kappa shape index (κ3) is 3.36. The van der Waals surface area contributed by atoms with Gasteiger partial charge in [-0.15, -0.1) is 0 Å². The normalized spacial score (nSPS) is 16.2. The molecule has 2 aromatic carbocycles. The predicted octanol–water partition coefficient (Wildman–Crippen LogP) is 3.49. The van der Waals surface area contributed by atoms with Crippen molar-refractivity contribution in [3.05, 3.63) is 59.2 Å². The van der Waals surface area contributed by atoms with Crippen LogP contribution in [0, 0.1) is 6.92 Å². The molecule has 130 valence electrons. The first-order valence-electron chi connectivity index (χ1n) is 8.29. The van der Waals surface area contributed by atoms with Gasteiger partial charge in [0.05, 0.1) is 24.9 Å². The van der Waals surface area contributed by atoms with Crippen molar-refractivity contribution in [2.45, 2.75) is 32.9 Å². The van der Waals surface area contributed by atoms with Gasteiger partial charge < -0.3 is 14.4 Å². The predicted molar refractivity (Wildman–Crippen MR) is 94.9 cm³/mol. The second kappa shape index (κ2) is 6.97. The summed E-state index contributed by atoms with van der Waals surface area (Å²) in [5, 5.41) is 0. The number of carbonyl (C=O) groups is 2. The van der Waals surface area contributed by atoms with Crippen LogP contribution in [0.3, 0.4) is 0 Å². The van der Waals surface area contributed by atoms with E-state index in [2.05, 4.69) is 0 Å². The Balaban J connectivity index is 2.01. The second-order valence-corrected chi connectivity index (χ2v) is 6.10. The van der Waals surface area contributed by atoms with Gasteiger partial charge in [-0.1, -0.05) is 36.8 Å². The summed E-state index contributed by atoms with van der Waals surface area (Å²) >= 11 is 0. The van der Waals surface area contributed by atoms with Crippen LogP contribution in [-0.2, 0) is 16.1 Å². The molecule has 1 unspecified atom stereocenters. The molecule has 0 saturated carbocycles. The molecule has 0 aliphatic carbocycles. The topological polar surface area (TPSA) is 55.8 Å². The summed E-state index contributed by atoms with van der Waals surface area (Å²) in [5.41, 5.74) is 3.17. The standard InChI is InChI=1S/C20H21NO4/c1-4-17-19(22)21(12-14-7-5-13(2)6-8-14)16-11-15(20(23)24-3)9-10-18(16)25-17/h5-11,17H,4,12H2,1-3H3. The van der Waals surface area contributed by atoms with Crippen LogP contribution >= 0.6 is 0 Å². The second-order valence-electron chi connectivity index (χ2n) is 6.10. The van der Waals surface area contributed by atoms with Gasteiger partial charge in [0.2, 0.25) is 0 Å². The number of fused-ring (bicyclic) bond motifs is 1. The van der Waals surface area contributed by atoms with Gasteiger partial charge >= 0.3 is 5.97 Å². The SMILES string of the molecule is CCC1Oc2ccc(C(=O)OC)cc2N(Cc2ccc(C)cc2)C1=O. The van der Waals surface area contributed by atoms with Crippen LogP contribution in [0.25, 0.3) is 0 Å². The Morgan fingerprint density at radius 2 is 1.92 bits per heavy atom. The Hall–Kier alpha value is -2.82. The van der Waals surface area contributed by atoms with Gasteiger partial charge in [0.1, 0.15) is 5.75 Å². The fourth-order valence-corrected chi connectivity index (χ4v) is 2.87. The number of methoxy groups -OCH3 is 1. The molecule has 5 nitrogen and oxygen atoms in total. The maximum absolute atomic E-state index is 12.8. The van der Waals surface area contributed by atoms with Crippen molar-refractivity contribution in [3.63, 3.8) is 0 Å². The molecule has 1 aliphatic rings. The zero-order chi connectivity index (χ0) is 18.0. The maximum Gasteiger partial charge on any atom is 0.337 e. The van der Waals surface area contributed by atoms with Crippen LogP contribution in [0.4, 0.5) is 5.69 Å². The lowest BCUT2D eigenvalue weighted by molar-refractivity contribution is -0.126. The first-order chi connectivity index (χ1) is 12.0. The maximum atomic E-state index is 12.8. The van der Waals surface area contributed by atoms with E-state index in [1.807, 2.05) is 38.1 Å². The number of ether oxygens (including phenoxy) is 2. The molecule has 1 atom stereocenters. The Kier molecular flexibility index (Phi) is 4.74. The smallest absolute Gasteiger partial charge is 0.337 e. The Morgan fingerprint density at radius 3 is 2.56 bits per heavy atom. The molecule has 0 saturated heterocycles. The van der Waals surface area contributed by atoms with E-state index in [1.54, 1.807) is 23.1 Å². The number of esters is 1. The molecule has 2 aromatic rings. The van der Waals surface area contributed by atoms with E-state index in [4.69, 9.17) is 9.47 Å². The summed E-state index contributed by atoms with van der Waals surface area (Å²) in [5.74, 6) is 0.0620. The zero-order valence-corrected chi connectivity index (χ0v) is 14.6. The zero-order valence-electron chi connectivity index (χ0n) is 14.6. The van der Waals surface area contributed by atoms with Crippen LogP contribution in [0.5, 0.6) is 5.75 Å². The van der Waals surface area contributed by atoms with Crippen LogP contribution < -0.4 is 9.64 Å². The Labute approximate surface area is 147 Å². The van der Waals surface area contributed by atoms with Crippen molar-refractivity contribution >= 4 is 17.6 Å². The van der Waals surface area contributed by atoms with Crippen LogP contribution in [0.2, 0.25) is 0 Å². The number of anilines is 1. The number of aryl methyl sites for hydroxylation is 1. The molecule has 1 heterocycles. The quantitative estimate of drug-likeness (QED) is 0.800. The van der Waals surface area contributed by atoms with Gasteiger partial charge in [-0.25, -0.2) is 4.79 Å². The Bertz CT molecular complexity index is 798. The molecule has 0 fully saturated rings. The first kappa shape index (κ1) is 17.0. The summed E-state index contributed by atoms with van der Waals surface area (Å²) in [6.07, 6.45) is 0.0726. The van der Waals surface area contributed by atoms with E-state index in [0.29, 0.717) is 30.0 Å². The van der Waals surface area contributed by atoms with E-state index in [9.17, 15) is 9.59 Å². The first-order valence-corrected chi connectivity index (χ1v) is 8.29. The van der Waals surface area contributed by atoms with Crippen LogP contribution in [0.15, 0.2) is 42.5 Å². The van der Waals surface area contributed by atoms with Gasteiger partial charge in [-0.3, -0.25) is 4.79 Å². The minimum absolute atomic E-state index is 0.0995. The molecule has 5 heteroatoms. The van der Waals surface area contributed by atoms with Crippen LogP contribution in [-0.4, -0.2) is 25.1 Å². The highest BCUT2D eigenvalue weighted by Crippen LogP contribution is 2.36. The molecule has 25 heavy (non-hydrogen) atoms. The van der Waals surface area contributed by atoms with Gasteiger partial charge in [-0.05, 0) is 37.1 Å². The molecular formula is C20H21NO4. The largest absolute Gasteiger partial charge is 0.478 e. The summed E-state index contributed by atoms with van der Waals surface area (Å²) in [6.45, 7) is 4.37. The summed E-state index contributed by atoms with van der Waals surface area (Å²) in [6, 6.07) is 13.1. The molecule has 0 aromatic heterocycles. The van der Waals surface area contributed by atoms with E-state index in [-0.39, 0.29) is 5.91 Å². The lowest BCUT2D eigenvalue weighted by Gasteiger charge is -2.34. The van der Waals surface area contributed by atoms with Crippen molar-refractivity contribution in [2.24, 2.45) is 0 Å². The lowest BCUT2D eigenvalue weighted by Crippen LogP contribution is -2.45. The average molecular weight is 339 g/mol.